The topological polar surface area (TPSA) is 52.6 Å². The van der Waals surface area contributed by atoms with Crippen LogP contribution in [0.3, 0.4) is 0 Å². The van der Waals surface area contributed by atoms with Crippen LogP contribution in [0.25, 0.3) is 0 Å². The molecular formula is C11H14O4. The van der Waals surface area contributed by atoms with Crippen molar-refractivity contribution in [2.45, 2.75) is 6.42 Å². The van der Waals surface area contributed by atoms with E-state index in [9.17, 15) is 9.59 Å². The Bertz CT molecular complexity index is 291. The molecule has 4 atom stereocenters. The molecule has 0 aromatic rings. The minimum atomic E-state index is -0.350. The molecule has 0 aromatic carbocycles. The van der Waals surface area contributed by atoms with Crippen molar-refractivity contribution in [3.63, 3.8) is 0 Å². The molecule has 0 saturated heterocycles. The third-order valence-electron chi connectivity index (χ3n) is 3.41. The minimum absolute atomic E-state index is 0.145. The zero-order valence-electron chi connectivity index (χ0n) is 8.80. The zero-order valence-corrected chi connectivity index (χ0v) is 8.80. The van der Waals surface area contributed by atoms with Crippen LogP contribution in [0.1, 0.15) is 6.42 Å². The number of esters is 2. The summed E-state index contributed by atoms with van der Waals surface area (Å²) in [6.07, 6.45) is 4.87. The smallest absolute Gasteiger partial charge is 0.310 e. The fourth-order valence-electron chi connectivity index (χ4n) is 2.74. The molecule has 0 radical (unpaired) electrons. The maximum absolute atomic E-state index is 11.6. The first-order chi connectivity index (χ1) is 7.19. The lowest BCUT2D eigenvalue weighted by atomic mass is 9.83. The largest absolute Gasteiger partial charge is 0.469 e. The summed E-state index contributed by atoms with van der Waals surface area (Å²) in [7, 11) is 2.71. The Labute approximate surface area is 88.2 Å². The number of allylic oxidation sites excluding steroid dienone is 2. The van der Waals surface area contributed by atoms with Crippen LogP contribution in [0.5, 0.6) is 0 Å². The first kappa shape index (κ1) is 10.2. The van der Waals surface area contributed by atoms with Crippen LogP contribution in [0, 0.1) is 23.7 Å². The molecule has 0 aromatic heterocycles. The van der Waals surface area contributed by atoms with Crippen LogP contribution in [0.4, 0.5) is 0 Å². The molecule has 0 spiro atoms. The molecule has 82 valence electrons. The summed E-state index contributed by atoms with van der Waals surface area (Å²) in [6.45, 7) is 0. The van der Waals surface area contributed by atoms with Gasteiger partial charge in [0.05, 0.1) is 26.1 Å². The van der Waals surface area contributed by atoms with E-state index in [0.717, 1.165) is 6.42 Å². The molecule has 0 amide bonds. The SMILES string of the molecule is COC(=O)[C@@H]1[C@@H](C(=O)OC)[C@H]2C=C[C@@H]1C2. The Morgan fingerprint density at radius 3 is 1.73 bits per heavy atom. The summed E-state index contributed by atoms with van der Waals surface area (Å²) in [6, 6.07) is 0. The fourth-order valence-corrected chi connectivity index (χ4v) is 2.74. The van der Waals surface area contributed by atoms with Crippen LogP contribution in [-0.4, -0.2) is 26.2 Å². The van der Waals surface area contributed by atoms with Crippen LogP contribution in [-0.2, 0) is 19.1 Å². The van der Waals surface area contributed by atoms with E-state index in [0.29, 0.717) is 0 Å². The van der Waals surface area contributed by atoms with E-state index in [1.54, 1.807) is 0 Å². The molecule has 0 N–H and O–H groups in total. The monoisotopic (exact) mass is 210 g/mol. The zero-order chi connectivity index (χ0) is 11.0. The first-order valence-corrected chi connectivity index (χ1v) is 5.03. The van der Waals surface area contributed by atoms with Gasteiger partial charge in [-0.25, -0.2) is 0 Å². The second kappa shape index (κ2) is 3.68. The number of ether oxygens (including phenoxy) is 2. The second-order valence-electron chi connectivity index (χ2n) is 4.05. The number of carbonyl (C=O) groups excluding carboxylic acids is 2. The number of carbonyl (C=O) groups is 2. The molecular weight excluding hydrogens is 196 g/mol. The molecule has 2 bridgehead atoms. The average Bonchev–Trinajstić information content (AvgIpc) is 2.86. The van der Waals surface area contributed by atoms with Gasteiger partial charge in [-0.2, -0.15) is 0 Å². The van der Waals surface area contributed by atoms with Crippen LogP contribution >= 0.6 is 0 Å². The summed E-state index contributed by atoms with van der Waals surface area (Å²) < 4.78 is 9.46. The minimum Gasteiger partial charge on any atom is -0.469 e. The summed E-state index contributed by atoms with van der Waals surface area (Å²) in [5.74, 6) is -1.02. The Morgan fingerprint density at radius 2 is 1.40 bits per heavy atom. The molecule has 0 heterocycles. The molecule has 0 unspecified atom stereocenters. The van der Waals surface area contributed by atoms with Gasteiger partial charge in [-0.1, -0.05) is 12.2 Å². The average molecular weight is 210 g/mol. The molecule has 15 heavy (non-hydrogen) atoms. The third kappa shape index (κ3) is 1.44. The number of hydrogen-bond donors (Lipinski definition) is 0. The van der Waals surface area contributed by atoms with Gasteiger partial charge in [-0.05, 0) is 18.3 Å². The number of rotatable bonds is 2. The van der Waals surface area contributed by atoms with Gasteiger partial charge in [-0.15, -0.1) is 0 Å². The molecule has 1 fully saturated rings. The normalized spacial score (nSPS) is 36.7. The van der Waals surface area contributed by atoms with Gasteiger partial charge in [0.1, 0.15) is 0 Å². The van der Waals surface area contributed by atoms with E-state index >= 15 is 0 Å². The third-order valence-corrected chi connectivity index (χ3v) is 3.41. The van der Waals surface area contributed by atoms with Crippen molar-refractivity contribution in [2.24, 2.45) is 23.7 Å². The summed E-state index contributed by atoms with van der Waals surface area (Å²) in [5, 5.41) is 0. The number of hydrogen-bond acceptors (Lipinski definition) is 4. The first-order valence-electron chi connectivity index (χ1n) is 5.03. The lowest BCUT2D eigenvalue weighted by Gasteiger charge is -2.23. The Morgan fingerprint density at radius 1 is 1.00 bits per heavy atom. The van der Waals surface area contributed by atoms with Crippen molar-refractivity contribution in [2.75, 3.05) is 14.2 Å². The second-order valence-corrected chi connectivity index (χ2v) is 4.05. The van der Waals surface area contributed by atoms with E-state index < -0.39 is 0 Å². The van der Waals surface area contributed by atoms with E-state index in [4.69, 9.17) is 9.47 Å². The molecule has 2 aliphatic rings. The highest BCUT2D eigenvalue weighted by atomic mass is 16.5. The van der Waals surface area contributed by atoms with Gasteiger partial charge < -0.3 is 9.47 Å². The quantitative estimate of drug-likeness (QED) is 0.499. The lowest BCUT2D eigenvalue weighted by molar-refractivity contribution is -0.158. The molecule has 2 aliphatic carbocycles. The highest BCUT2D eigenvalue weighted by molar-refractivity contribution is 5.84. The van der Waals surface area contributed by atoms with Crippen LogP contribution < -0.4 is 0 Å². The van der Waals surface area contributed by atoms with Gasteiger partial charge in [-0.3, -0.25) is 9.59 Å². The van der Waals surface area contributed by atoms with Gasteiger partial charge >= 0.3 is 11.9 Å². The molecule has 2 rings (SSSR count). The van der Waals surface area contributed by atoms with Crippen molar-refractivity contribution in [3.05, 3.63) is 12.2 Å². The maximum atomic E-state index is 11.6. The van der Waals surface area contributed by atoms with Crippen LogP contribution in [0.2, 0.25) is 0 Å². The van der Waals surface area contributed by atoms with Crippen molar-refractivity contribution >= 4 is 11.9 Å². The fraction of sp³-hybridized carbons (Fsp3) is 0.636. The summed E-state index contributed by atoms with van der Waals surface area (Å²) in [4.78, 5) is 23.1. The molecule has 4 heteroatoms. The molecule has 4 nitrogen and oxygen atoms in total. The Kier molecular flexibility index (Phi) is 2.50. The predicted octanol–water partition coefficient (Wildman–Crippen LogP) is 0.771. The van der Waals surface area contributed by atoms with Gasteiger partial charge in [0.2, 0.25) is 0 Å². The van der Waals surface area contributed by atoms with E-state index in [-0.39, 0.29) is 35.6 Å². The Hall–Kier alpha value is -1.32. The van der Waals surface area contributed by atoms with Crippen molar-refractivity contribution in [1.29, 1.82) is 0 Å². The highest BCUT2D eigenvalue weighted by Crippen LogP contribution is 2.48. The molecule has 1 saturated carbocycles. The summed E-state index contributed by atoms with van der Waals surface area (Å²) >= 11 is 0. The molecule has 0 aliphatic heterocycles. The Balaban J connectivity index is 2.24. The van der Waals surface area contributed by atoms with E-state index in [1.165, 1.54) is 14.2 Å². The lowest BCUT2D eigenvalue weighted by Crippen LogP contribution is -2.34. The van der Waals surface area contributed by atoms with Crippen molar-refractivity contribution in [3.8, 4) is 0 Å². The van der Waals surface area contributed by atoms with Gasteiger partial charge in [0, 0.05) is 0 Å². The van der Waals surface area contributed by atoms with Crippen molar-refractivity contribution < 1.29 is 19.1 Å². The van der Waals surface area contributed by atoms with Crippen molar-refractivity contribution in [1.82, 2.24) is 0 Å². The number of fused-ring (bicyclic) bond motifs is 2. The van der Waals surface area contributed by atoms with Crippen LogP contribution in [0.15, 0.2) is 12.2 Å². The van der Waals surface area contributed by atoms with E-state index in [1.807, 2.05) is 12.2 Å². The maximum Gasteiger partial charge on any atom is 0.310 e. The highest BCUT2D eigenvalue weighted by Gasteiger charge is 2.52. The van der Waals surface area contributed by atoms with Gasteiger partial charge in [0.25, 0.3) is 0 Å². The standard InChI is InChI=1S/C11H14O4/c1-14-10(12)8-6-3-4-7(5-6)9(8)11(13)15-2/h3-4,6-9H,5H2,1-2H3/t6-,7+,8-,9-/m0/s1. The van der Waals surface area contributed by atoms with Gasteiger partial charge in [0.15, 0.2) is 0 Å². The number of methoxy groups -OCH3 is 2. The van der Waals surface area contributed by atoms with E-state index in [2.05, 4.69) is 0 Å². The summed E-state index contributed by atoms with van der Waals surface area (Å²) in [5.41, 5.74) is 0. The predicted molar refractivity (Wildman–Crippen MR) is 51.7 cm³/mol.